The third-order valence-corrected chi connectivity index (χ3v) is 5.21. The number of H-pyrrole nitrogens is 1. The highest BCUT2D eigenvalue weighted by molar-refractivity contribution is 5.76. The Labute approximate surface area is 153 Å². The Bertz CT molecular complexity index is 833. The first-order chi connectivity index (χ1) is 12.8. The van der Waals surface area contributed by atoms with E-state index < -0.39 is 0 Å². The number of carbonyl (C=O) groups is 1. The Balaban J connectivity index is 1.26. The first-order valence-corrected chi connectivity index (χ1v) is 9.39. The zero-order valence-electron chi connectivity index (χ0n) is 14.9. The van der Waals surface area contributed by atoms with Crippen molar-refractivity contribution in [2.45, 2.75) is 32.1 Å². The predicted molar refractivity (Wildman–Crippen MR) is 102 cm³/mol. The van der Waals surface area contributed by atoms with Crippen LogP contribution in [-0.2, 0) is 17.6 Å². The minimum Gasteiger partial charge on any atom is -0.343 e. The van der Waals surface area contributed by atoms with Gasteiger partial charge in [0.05, 0.1) is 11.0 Å². The molecule has 2 aromatic heterocycles. The standard InChI is InChI=1S/C21H24N4O/c26-21(9-8-17-5-3-4-12-22-17)25-13-10-16(11-14-25)15-20-23-18-6-1-2-7-19(18)24-20/h1-7,12,16H,8-11,13-15H2,(H,23,24). The molecule has 3 heterocycles. The average Bonchev–Trinajstić information content (AvgIpc) is 3.10. The molecule has 1 aromatic carbocycles. The minimum atomic E-state index is 0.248. The Morgan fingerprint density at radius 2 is 1.92 bits per heavy atom. The Hall–Kier alpha value is -2.69. The smallest absolute Gasteiger partial charge is 0.222 e. The highest BCUT2D eigenvalue weighted by atomic mass is 16.2. The number of pyridine rings is 1. The predicted octanol–water partition coefficient (Wildman–Crippen LogP) is 3.37. The maximum atomic E-state index is 12.4. The topological polar surface area (TPSA) is 61.9 Å². The molecular weight excluding hydrogens is 324 g/mol. The molecule has 4 rings (SSSR count). The zero-order chi connectivity index (χ0) is 17.8. The normalized spacial score (nSPS) is 15.5. The highest BCUT2D eigenvalue weighted by Gasteiger charge is 2.23. The number of hydrogen-bond acceptors (Lipinski definition) is 3. The van der Waals surface area contributed by atoms with Gasteiger partial charge < -0.3 is 9.88 Å². The molecule has 1 aliphatic heterocycles. The molecule has 1 N–H and O–H groups in total. The van der Waals surface area contributed by atoms with Gasteiger partial charge in [-0.3, -0.25) is 9.78 Å². The van der Waals surface area contributed by atoms with Crippen molar-refractivity contribution in [1.82, 2.24) is 19.9 Å². The number of benzene rings is 1. The van der Waals surface area contributed by atoms with Crippen molar-refractivity contribution in [3.8, 4) is 0 Å². The number of carbonyl (C=O) groups excluding carboxylic acids is 1. The molecule has 1 fully saturated rings. The molecule has 5 nitrogen and oxygen atoms in total. The number of rotatable bonds is 5. The van der Waals surface area contributed by atoms with Crippen LogP contribution in [0.15, 0.2) is 48.7 Å². The number of nitrogens with zero attached hydrogens (tertiary/aromatic N) is 3. The molecule has 134 valence electrons. The number of likely N-dealkylation sites (tertiary alicyclic amines) is 1. The van der Waals surface area contributed by atoms with E-state index in [1.54, 1.807) is 6.20 Å². The number of aromatic nitrogens is 3. The maximum absolute atomic E-state index is 12.4. The molecule has 26 heavy (non-hydrogen) atoms. The van der Waals surface area contributed by atoms with Crippen LogP contribution in [0, 0.1) is 5.92 Å². The first-order valence-electron chi connectivity index (χ1n) is 9.39. The summed E-state index contributed by atoms with van der Waals surface area (Å²) in [6.45, 7) is 1.71. The average molecular weight is 348 g/mol. The van der Waals surface area contributed by atoms with E-state index in [1.807, 2.05) is 41.3 Å². The zero-order valence-corrected chi connectivity index (χ0v) is 14.9. The van der Waals surface area contributed by atoms with Gasteiger partial charge in [0.15, 0.2) is 0 Å². The molecule has 3 aromatic rings. The number of imidazole rings is 1. The Morgan fingerprint density at radius 3 is 2.69 bits per heavy atom. The third-order valence-electron chi connectivity index (χ3n) is 5.21. The molecule has 1 saturated heterocycles. The van der Waals surface area contributed by atoms with Crippen LogP contribution >= 0.6 is 0 Å². The van der Waals surface area contributed by atoms with Gasteiger partial charge in [-0.1, -0.05) is 18.2 Å². The largest absolute Gasteiger partial charge is 0.343 e. The SMILES string of the molecule is O=C(CCc1ccccn1)N1CCC(Cc2nc3ccccc3[nH]2)CC1. The number of para-hydroxylation sites is 2. The fourth-order valence-corrected chi connectivity index (χ4v) is 3.70. The molecule has 0 atom stereocenters. The summed E-state index contributed by atoms with van der Waals surface area (Å²) in [6, 6.07) is 14.0. The number of piperidine rings is 1. The fraction of sp³-hybridized carbons (Fsp3) is 0.381. The molecule has 5 heteroatoms. The number of aryl methyl sites for hydroxylation is 1. The molecule has 1 aliphatic rings. The molecule has 0 aliphatic carbocycles. The van der Waals surface area contributed by atoms with Crippen molar-refractivity contribution in [3.05, 3.63) is 60.2 Å². The lowest BCUT2D eigenvalue weighted by Crippen LogP contribution is -2.39. The van der Waals surface area contributed by atoms with E-state index in [0.29, 0.717) is 12.3 Å². The van der Waals surface area contributed by atoms with Gasteiger partial charge >= 0.3 is 0 Å². The second kappa shape index (κ2) is 7.68. The first kappa shape index (κ1) is 16.8. The minimum absolute atomic E-state index is 0.248. The van der Waals surface area contributed by atoms with E-state index in [9.17, 15) is 4.79 Å². The van der Waals surface area contributed by atoms with E-state index in [2.05, 4.69) is 21.0 Å². The molecular formula is C21H24N4O. The van der Waals surface area contributed by atoms with Crippen molar-refractivity contribution < 1.29 is 4.79 Å². The summed E-state index contributed by atoms with van der Waals surface area (Å²) in [4.78, 5) is 26.8. The van der Waals surface area contributed by atoms with Crippen molar-refractivity contribution >= 4 is 16.9 Å². The third kappa shape index (κ3) is 3.93. The van der Waals surface area contributed by atoms with Crippen molar-refractivity contribution in [3.63, 3.8) is 0 Å². The lowest BCUT2D eigenvalue weighted by molar-refractivity contribution is -0.132. The summed E-state index contributed by atoms with van der Waals surface area (Å²) in [5.74, 6) is 1.90. The van der Waals surface area contributed by atoms with Crippen LogP contribution in [-0.4, -0.2) is 38.8 Å². The molecule has 0 radical (unpaired) electrons. The Morgan fingerprint density at radius 1 is 1.12 bits per heavy atom. The van der Waals surface area contributed by atoms with E-state index >= 15 is 0 Å². The number of nitrogens with one attached hydrogen (secondary N) is 1. The van der Waals surface area contributed by atoms with Gasteiger partial charge in [0.1, 0.15) is 5.82 Å². The second-order valence-electron chi connectivity index (χ2n) is 7.05. The molecule has 1 amide bonds. The van der Waals surface area contributed by atoms with E-state index in [-0.39, 0.29) is 5.91 Å². The summed E-state index contributed by atoms with van der Waals surface area (Å²) < 4.78 is 0. The van der Waals surface area contributed by atoms with Crippen molar-refractivity contribution in [1.29, 1.82) is 0 Å². The van der Waals surface area contributed by atoms with Gasteiger partial charge in [-0.05, 0) is 49.4 Å². The van der Waals surface area contributed by atoms with Crippen molar-refractivity contribution in [2.75, 3.05) is 13.1 Å². The summed E-state index contributed by atoms with van der Waals surface area (Å²) in [7, 11) is 0. The number of amides is 1. The van der Waals surface area contributed by atoms with Gasteiger partial charge in [0.2, 0.25) is 5.91 Å². The van der Waals surface area contributed by atoms with E-state index in [4.69, 9.17) is 0 Å². The lowest BCUT2D eigenvalue weighted by Gasteiger charge is -2.31. The monoisotopic (exact) mass is 348 g/mol. The van der Waals surface area contributed by atoms with Gasteiger partial charge in [-0.2, -0.15) is 0 Å². The summed E-state index contributed by atoms with van der Waals surface area (Å²) in [6.07, 6.45) is 6.11. The Kier molecular flexibility index (Phi) is 4.95. The molecule has 0 saturated carbocycles. The van der Waals surface area contributed by atoms with Gasteiger partial charge in [-0.15, -0.1) is 0 Å². The van der Waals surface area contributed by atoms with Gasteiger partial charge in [0, 0.05) is 37.8 Å². The lowest BCUT2D eigenvalue weighted by atomic mass is 9.93. The van der Waals surface area contributed by atoms with Gasteiger partial charge in [0.25, 0.3) is 0 Å². The summed E-state index contributed by atoms with van der Waals surface area (Å²) in [5.41, 5.74) is 3.12. The summed E-state index contributed by atoms with van der Waals surface area (Å²) >= 11 is 0. The fourth-order valence-electron chi connectivity index (χ4n) is 3.70. The highest BCUT2D eigenvalue weighted by Crippen LogP contribution is 2.22. The van der Waals surface area contributed by atoms with Crippen LogP contribution in [0.5, 0.6) is 0 Å². The van der Waals surface area contributed by atoms with Crippen LogP contribution in [0.1, 0.15) is 30.8 Å². The quantitative estimate of drug-likeness (QED) is 0.769. The van der Waals surface area contributed by atoms with Crippen molar-refractivity contribution in [2.24, 2.45) is 5.92 Å². The maximum Gasteiger partial charge on any atom is 0.222 e. The van der Waals surface area contributed by atoms with Crippen LogP contribution in [0.25, 0.3) is 11.0 Å². The van der Waals surface area contributed by atoms with Crippen LogP contribution < -0.4 is 0 Å². The second-order valence-corrected chi connectivity index (χ2v) is 7.05. The number of fused-ring (bicyclic) bond motifs is 1. The molecule has 0 unspecified atom stereocenters. The van der Waals surface area contributed by atoms with E-state index in [0.717, 1.165) is 61.3 Å². The number of hydrogen-bond donors (Lipinski definition) is 1. The van der Waals surface area contributed by atoms with Crippen LogP contribution in [0.2, 0.25) is 0 Å². The van der Waals surface area contributed by atoms with Crippen LogP contribution in [0.4, 0.5) is 0 Å². The molecule has 0 bridgehead atoms. The number of aromatic amines is 1. The van der Waals surface area contributed by atoms with Crippen LogP contribution in [0.3, 0.4) is 0 Å². The van der Waals surface area contributed by atoms with Gasteiger partial charge in [-0.25, -0.2) is 4.98 Å². The molecule has 0 spiro atoms. The summed E-state index contributed by atoms with van der Waals surface area (Å²) in [5, 5.41) is 0. The van der Waals surface area contributed by atoms with E-state index in [1.165, 1.54) is 0 Å².